The first-order chi connectivity index (χ1) is 7.96. The van der Waals surface area contributed by atoms with Crippen molar-refractivity contribution in [2.75, 3.05) is 11.9 Å². The van der Waals surface area contributed by atoms with Gasteiger partial charge in [-0.15, -0.1) is 0 Å². The molecule has 0 aromatic heterocycles. The Bertz CT molecular complexity index is 400. The van der Waals surface area contributed by atoms with Crippen molar-refractivity contribution < 1.29 is 0 Å². The topological polar surface area (TPSA) is 35.8 Å². The number of anilines is 1. The van der Waals surface area contributed by atoms with Crippen molar-refractivity contribution in [1.82, 2.24) is 0 Å². The van der Waals surface area contributed by atoms with Crippen molar-refractivity contribution in [3.63, 3.8) is 0 Å². The van der Waals surface area contributed by atoms with Crippen LogP contribution in [0.15, 0.2) is 24.3 Å². The lowest BCUT2D eigenvalue weighted by Gasteiger charge is -2.18. The van der Waals surface area contributed by atoms with Gasteiger partial charge in [0.15, 0.2) is 0 Å². The molecule has 0 fully saturated rings. The molecule has 0 aliphatic heterocycles. The third kappa shape index (κ3) is 4.11. The molecule has 0 atom stereocenters. The number of nitrogens with one attached hydrogen (secondary N) is 1. The molecular formula is C15H22N2. The molecule has 0 saturated heterocycles. The second kappa shape index (κ2) is 5.72. The molecule has 0 saturated carbocycles. The van der Waals surface area contributed by atoms with Gasteiger partial charge >= 0.3 is 0 Å². The molecule has 92 valence electrons. The zero-order valence-corrected chi connectivity index (χ0v) is 11.2. The van der Waals surface area contributed by atoms with Gasteiger partial charge in [0.2, 0.25) is 0 Å². The average molecular weight is 230 g/mol. The van der Waals surface area contributed by atoms with Crippen LogP contribution in [-0.2, 0) is 0 Å². The Hall–Kier alpha value is -1.49. The lowest BCUT2D eigenvalue weighted by atomic mass is 9.91. The van der Waals surface area contributed by atoms with Gasteiger partial charge in [0.25, 0.3) is 0 Å². The minimum Gasteiger partial charge on any atom is -0.385 e. The summed E-state index contributed by atoms with van der Waals surface area (Å²) in [6.07, 6.45) is 0.857. The van der Waals surface area contributed by atoms with Gasteiger partial charge < -0.3 is 5.32 Å². The Kier molecular flexibility index (Phi) is 4.57. The third-order valence-electron chi connectivity index (χ3n) is 2.95. The molecule has 0 aliphatic carbocycles. The largest absolute Gasteiger partial charge is 0.385 e. The molecular weight excluding hydrogens is 208 g/mol. The summed E-state index contributed by atoms with van der Waals surface area (Å²) in [6, 6.07) is 10.7. The number of para-hydroxylation sites is 1. The lowest BCUT2D eigenvalue weighted by Crippen LogP contribution is -2.15. The maximum absolute atomic E-state index is 8.96. The van der Waals surface area contributed by atoms with E-state index in [2.05, 4.69) is 43.4 Å². The summed E-state index contributed by atoms with van der Waals surface area (Å²) in [6.45, 7) is 9.18. The standard InChI is InChI=1S/C15H22N2/c1-12(2)13-7-5-6-8-14(13)17-10-9-15(3,4)11-16/h5-8,12,17H,9-10H2,1-4H3. The zero-order chi connectivity index (χ0) is 12.9. The second-order valence-corrected chi connectivity index (χ2v) is 5.41. The summed E-state index contributed by atoms with van der Waals surface area (Å²) in [4.78, 5) is 0. The van der Waals surface area contributed by atoms with Gasteiger partial charge in [0.05, 0.1) is 11.5 Å². The van der Waals surface area contributed by atoms with Crippen LogP contribution < -0.4 is 5.32 Å². The van der Waals surface area contributed by atoms with Crippen molar-refractivity contribution in [2.24, 2.45) is 5.41 Å². The average Bonchev–Trinajstić information content (AvgIpc) is 2.29. The number of hydrogen-bond donors (Lipinski definition) is 1. The van der Waals surface area contributed by atoms with Crippen LogP contribution >= 0.6 is 0 Å². The fraction of sp³-hybridized carbons (Fsp3) is 0.533. The molecule has 1 aromatic carbocycles. The van der Waals surface area contributed by atoms with Crippen LogP contribution in [0.3, 0.4) is 0 Å². The van der Waals surface area contributed by atoms with E-state index >= 15 is 0 Å². The number of nitrogens with zero attached hydrogens (tertiary/aromatic N) is 1. The van der Waals surface area contributed by atoms with Crippen LogP contribution in [0.25, 0.3) is 0 Å². The Labute approximate surface area is 105 Å². The molecule has 2 nitrogen and oxygen atoms in total. The molecule has 0 spiro atoms. The van der Waals surface area contributed by atoms with Gasteiger partial charge in [-0.1, -0.05) is 32.0 Å². The highest BCUT2D eigenvalue weighted by atomic mass is 14.9. The van der Waals surface area contributed by atoms with Gasteiger partial charge in [-0.3, -0.25) is 0 Å². The molecule has 0 aliphatic rings. The molecule has 0 unspecified atom stereocenters. The van der Waals surface area contributed by atoms with Crippen LogP contribution in [0.4, 0.5) is 5.69 Å². The van der Waals surface area contributed by atoms with E-state index in [1.807, 2.05) is 19.9 Å². The fourth-order valence-electron chi connectivity index (χ4n) is 1.73. The maximum atomic E-state index is 8.96. The van der Waals surface area contributed by atoms with E-state index in [0.29, 0.717) is 5.92 Å². The normalized spacial score (nSPS) is 11.3. The predicted molar refractivity (Wildman–Crippen MR) is 73.0 cm³/mol. The molecule has 17 heavy (non-hydrogen) atoms. The highest BCUT2D eigenvalue weighted by molar-refractivity contribution is 5.52. The zero-order valence-electron chi connectivity index (χ0n) is 11.2. The molecule has 1 aromatic rings. The fourth-order valence-corrected chi connectivity index (χ4v) is 1.73. The smallest absolute Gasteiger partial charge is 0.0684 e. The van der Waals surface area contributed by atoms with Gasteiger partial charge in [0.1, 0.15) is 0 Å². The first kappa shape index (κ1) is 13.6. The minimum absolute atomic E-state index is 0.250. The Morgan fingerprint density at radius 3 is 2.53 bits per heavy atom. The second-order valence-electron chi connectivity index (χ2n) is 5.41. The first-order valence-electron chi connectivity index (χ1n) is 6.20. The summed E-state index contributed by atoms with van der Waals surface area (Å²) in [5, 5.41) is 12.4. The van der Waals surface area contributed by atoms with E-state index in [4.69, 9.17) is 5.26 Å². The highest BCUT2D eigenvalue weighted by Crippen LogP contribution is 2.25. The van der Waals surface area contributed by atoms with Gasteiger partial charge in [-0.2, -0.15) is 5.26 Å². The summed E-state index contributed by atoms with van der Waals surface area (Å²) in [5.74, 6) is 0.516. The summed E-state index contributed by atoms with van der Waals surface area (Å²) < 4.78 is 0. The number of hydrogen-bond acceptors (Lipinski definition) is 2. The summed E-state index contributed by atoms with van der Waals surface area (Å²) >= 11 is 0. The van der Waals surface area contributed by atoms with E-state index in [9.17, 15) is 0 Å². The first-order valence-corrected chi connectivity index (χ1v) is 6.20. The van der Waals surface area contributed by atoms with Crippen molar-refractivity contribution in [3.05, 3.63) is 29.8 Å². The van der Waals surface area contributed by atoms with Crippen LogP contribution in [0, 0.1) is 16.7 Å². The molecule has 1 N–H and O–H groups in total. The minimum atomic E-state index is -0.250. The van der Waals surface area contributed by atoms with Crippen LogP contribution in [-0.4, -0.2) is 6.54 Å². The summed E-state index contributed by atoms with van der Waals surface area (Å²) in [5.41, 5.74) is 2.28. The monoisotopic (exact) mass is 230 g/mol. The van der Waals surface area contributed by atoms with Crippen LogP contribution in [0.5, 0.6) is 0 Å². The Morgan fingerprint density at radius 1 is 1.29 bits per heavy atom. The SMILES string of the molecule is CC(C)c1ccccc1NCCC(C)(C)C#N. The Balaban J connectivity index is 2.62. The van der Waals surface area contributed by atoms with Crippen molar-refractivity contribution in [2.45, 2.75) is 40.0 Å². The third-order valence-corrected chi connectivity index (χ3v) is 2.95. The van der Waals surface area contributed by atoms with E-state index < -0.39 is 0 Å². The van der Waals surface area contributed by atoms with Crippen LogP contribution in [0.1, 0.15) is 45.6 Å². The molecule has 0 amide bonds. The summed E-state index contributed by atoms with van der Waals surface area (Å²) in [7, 11) is 0. The lowest BCUT2D eigenvalue weighted by molar-refractivity contribution is 0.466. The van der Waals surface area contributed by atoms with Crippen LogP contribution in [0.2, 0.25) is 0 Å². The number of benzene rings is 1. The predicted octanol–water partition coefficient (Wildman–Crippen LogP) is 4.16. The highest BCUT2D eigenvalue weighted by Gasteiger charge is 2.16. The van der Waals surface area contributed by atoms with E-state index in [0.717, 1.165) is 13.0 Å². The maximum Gasteiger partial charge on any atom is 0.0684 e. The van der Waals surface area contributed by atoms with Gasteiger partial charge in [0, 0.05) is 12.2 Å². The van der Waals surface area contributed by atoms with E-state index in [1.54, 1.807) is 0 Å². The molecule has 0 bridgehead atoms. The number of rotatable bonds is 5. The van der Waals surface area contributed by atoms with E-state index in [-0.39, 0.29) is 5.41 Å². The Morgan fingerprint density at radius 2 is 1.94 bits per heavy atom. The van der Waals surface area contributed by atoms with E-state index in [1.165, 1.54) is 11.3 Å². The molecule has 1 rings (SSSR count). The quantitative estimate of drug-likeness (QED) is 0.824. The molecule has 2 heteroatoms. The molecule has 0 radical (unpaired) electrons. The number of nitriles is 1. The van der Waals surface area contributed by atoms with Gasteiger partial charge in [-0.05, 0) is 37.8 Å². The molecule has 0 heterocycles. The van der Waals surface area contributed by atoms with Crippen molar-refractivity contribution >= 4 is 5.69 Å². The van der Waals surface area contributed by atoms with Crippen molar-refractivity contribution in [3.8, 4) is 6.07 Å². The van der Waals surface area contributed by atoms with Crippen molar-refractivity contribution in [1.29, 1.82) is 5.26 Å². The van der Waals surface area contributed by atoms with Gasteiger partial charge in [-0.25, -0.2) is 0 Å².